The molecule has 1 aromatic rings. The van der Waals surface area contributed by atoms with Crippen LogP contribution in [0.2, 0.25) is 0 Å². The van der Waals surface area contributed by atoms with Gasteiger partial charge in [0, 0.05) is 6.54 Å². The molecule has 3 rings (SSSR count). The molecule has 1 heterocycles. The largest absolute Gasteiger partial charge is 0.486 e. The van der Waals surface area contributed by atoms with Gasteiger partial charge < -0.3 is 14.8 Å². The lowest BCUT2D eigenvalue weighted by atomic mass is 10.00. The third-order valence-corrected chi connectivity index (χ3v) is 4.89. The number of nitrogens with zero attached hydrogens (tertiary/aromatic N) is 2. The highest BCUT2D eigenvalue weighted by atomic mass is 16.6. The van der Waals surface area contributed by atoms with Crippen molar-refractivity contribution in [2.45, 2.75) is 44.2 Å². The Bertz CT molecular complexity index is 650. The number of carbonyl (C=O) groups is 1. The summed E-state index contributed by atoms with van der Waals surface area (Å²) < 4.78 is 11.7. The highest BCUT2D eigenvalue weighted by Crippen LogP contribution is 2.31. The van der Waals surface area contributed by atoms with Gasteiger partial charge in [-0.05, 0) is 44.4 Å². The van der Waals surface area contributed by atoms with E-state index < -0.39 is 5.54 Å². The highest BCUT2D eigenvalue weighted by Gasteiger charge is 2.35. The SMILES string of the molecule is CCN(CC(=O)NC1(C#N)CCCC1)CC1COc2ccccc2O1. The van der Waals surface area contributed by atoms with Crippen LogP contribution in [0.15, 0.2) is 24.3 Å². The predicted octanol–water partition coefficient (Wildman–Crippen LogP) is 2.10. The number of nitrogens with one attached hydrogen (secondary N) is 1. The maximum Gasteiger partial charge on any atom is 0.235 e. The van der Waals surface area contributed by atoms with Crippen LogP contribution in [-0.4, -0.2) is 48.7 Å². The Balaban J connectivity index is 1.53. The minimum Gasteiger partial charge on any atom is -0.486 e. The van der Waals surface area contributed by atoms with Crippen LogP contribution in [0.25, 0.3) is 0 Å². The van der Waals surface area contributed by atoms with E-state index in [0.717, 1.165) is 43.7 Å². The van der Waals surface area contributed by atoms with Gasteiger partial charge in [0.2, 0.25) is 5.91 Å². The summed E-state index contributed by atoms with van der Waals surface area (Å²) in [6.45, 7) is 4.09. The van der Waals surface area contributed by atoms with E-state index in [2.05, 4.69) is 11.4 Å². The van der Waals surface area contributed by atoms with Crippen molar-refractivity contribution in [3.8, 4) is 17.6 Å². The first-order valence-corrected chi connectivity index (χ1v) is 8.97. The summed E-state index contributed by atoms with van der Waals surface area (Å²) >= 11 is 0. The van der Waals surface area contributed by atoms with Crippen molar-refractivity contribution in [1.82, 2.24) is 10.2 Å². The molecule has 6 heteroatoms. The maximum atomic E-state index is 12.4. The van der Waals surface area contributed by atoms with Crippen molar-refractivity contribution in [2.24, 2.45) is 0 Å². The van der Waals surface area contributed by atoms with E-state index in [9.17, 15) is 10.1 Å². The van der Waals surface area contributed by atoms with Crippen LogP contribution < -0.4 is 14.8 Å². The van der Waals surface area contributed by atoms with Gasteiger partial charge >= 0.3 is 0 Å². The molecule has 0 bridgehead atoms. The number of benzene rings is 1. The highest BCUT2D eigenvalue weighted by molar-refractivity contribution is 5.79. The first-order valence-electron chi connectivity index (χ1n) is 8.97. The summed E-state index contributed by atoms with van der Waals surface area (Å²) in [5.74, 6) is 1.41. The molecule has 1 atom stereocenters. The zero-order valence-corrected chi connectivity index (χ0v) is 14.7. The van der Waals surface area contributed by atoms with E-state index in [0.29, 0.717) is 13.2 Å². The van der Waals surface area contributed by atoms with E-state index in [1.165, 1.54) is 0 Å². The normalized spacial score (nSPS) is 20.9. The number of likely N-dealkylation sites (N-methyl/N-ethyl adjacent to an activating group) is 1. The summed E-state index contributed by atoms with van der Waals surface area (Å²) in [6.07, 6.45) is 3.38. The molecule has 1 N–H and O–H groups in total. The molecule has 0 saturated heterocycles. The fourth-order valence-corrected chi connectivity index (χ4v) is 3.50. The average Bonchev–Trinajstić information content (AvgIpc) is 3.10. The van der Waals surface area contributed by atoms with Gasteiger partial charge in [-0.25, -0.2) is 0 Å². The number of nitriles is 1. The van der Waals surface area contributed by atoms with Crippen molar-refractivity contribution in [3.05, 3.63) is 24.3 Å². The Morgan fingerprint density at radius 1 is 1.36 bits per heavy atom. The van der Waals surface area contributed by atoms with Crippen LogP contribution in [0.3, 0.4) is 0 Å². The summed E-state index contributed by atoms with van der Waals surface area (Å²) in [5, 5.41) is 12.3. The molecule has 0 radical (unpaired) electrons. The quantitative estimate of drug-likeness (QED) is 0.856. The van der Waals surface area contributed by atoms with Crippen molar-refractivity contribution >= 4 is 5.91 Å². The molecular weight excluding hydrogens is 318 g/mol. The lowest BCUT2D eigenvalue weighted by Gasteiger charge is -2.31. The van der Waals surface area contributed by atoms with Crippen molar-refractivity contribution in [3.63, 3.8) is 0 Å². The molecule has 0 aromatic heterocycles. The summed E-state index contributed by atoms with van der Waals surface area (Å²) in [5.41, 5.74) is -0.667. The molecule has 2 aliphatic rings. The third-order valence-electron chi connectivity index (χ3n) is 4.89. The van der Waals surface area contributed by atoms with E-state index >= 15 is 0 Å². The van der Waals surface area contributed by atoms with E-state index in [4.69, 9.17) is 9.47 Å². The molecule has 6 nitrogen and oxygen atoms in total. The van der Waals surface area contributed by atoms with Gasteiger partial charge in [-0.2, -0.15) is 5.26 Å². The van der Waals surface area contributed by atoms with Crippen LogP contribution >= 0.6 is 0 Å². The Kier molecular flexibility index (Phi) is 5.44. The number of carbonyl (C=O) groups excluding carboxylic acids is 1. The molecule has 1 amide bonds. The second kappa shape index (κ2) is 7.75. The Labute approximate surface area is 148 Å². The zero-order valence-electron chi connectivity index (χ0n) is 14.7. The number of para-hydroxylation sites is 2. The van der Waals surface area contributed by atoms with Crippen LogP contribution in [-0.2, 0) is 4.79 Å². The number of rotatable bonds is 6. The molecular formula is C19H25N3O3. The smallest absolute Gasteiger partial charge is 0.235 e. The van der Waals surface area contributed by atoms with Gasteiger partial charge in [0.15, 0.2) is 11.5 Å². The lowest BCUT2D eigenvalue weighted by molar-refractivity contribution is -0.123. The Morgan fingerprint density at radius 3 is 2.76 bits per heavy atom. The van der Waals surface area contributed by atoms with Gasteiger partial charge in [-0.3, -0.25) is 9.69 Å². The minimum absolute atomic E-state index is 0.0950. The van der Waals surface area contributed by atoms with Gasteiger partial charge in [-0.1, -0.05) is 19.1 Å². The lowest BCUT2D eigenvalue weighted by Crippen LogP contribution is -2.50. The van der Waals surface area contributed by atoms with Gasteiger partial charge in [0.1, 0.15) is 18.2 Å². The Hall–Kier alpha value is -2.26. The molecule has 134 valence electrons. The van der Waals surface area contributed by atoms with Gasteiger partial charge in [-0.15, -0.1) is 0 Å². The monoisotopic (exact) mass is 343 g/mol. The van der Waals surface area contributed by atoms with Crippen LogP contribution in [0.4, 0.5) is 0 Å². The summed E-state index contributed by atoms with van der Waals surface area (Å²) in [7, 11) is 0. The standard InChI is InChI=1S/C19H25N3O3/c1-2-22(12-18(23)21-19(14-20)9-5-6-10-19)11-15-13-24-16-7-3-4-8-17(16)25-15/h3-4,7-8,15H,2,5-6,9-13H2,1H3,(H,21,23). The first kappa shape index (κ1) is 17.6. The molecule has 1 aliphatic heterocycles. The van der Waals surface area contributed by atoms with E-state index in [1.807, 2.05) is 36.1 Å². The zero-order chi connectivity index (χ0) is 17.7. The second-order valence-corrected chi connectivity index (χ2v) is 6.77. The van der Waals surface area contributed by atoms with Crippen LogP contribution in [0, 0.1) is 11.3 Å². The number of hydrogen-bond acceptors (Lipinski definition) is 5. The summed E-state index contributed by atoms with van der Waals surface area (Å²) in [4.78, 5) is 14.4. The molecule has 1 saturated carbocycles. The number of hydrogen-bond donors (Lipinski definition) is 1. The Morgan fingerprint density at radius 2 is 2.08 bits per heavy atom. The van der Waals surface area contributed by atoms with E-state index in [-0.39, 0.29) is 18.6 Å². The topological polar surface area (TPSA) is 74.6 Å². The molecule has 1 unspecified atom stereocenters. The predicted molar refractivity (Wildman–Crippen MR) is 93.4 cm³/mol. The number of fused-ring (bicyclic) bond motifs is 1. The maximum absolute atomic E-state index is 12.4. The average molecular weight is 343 g/mol. The first-order chi connectivity index (χ1) is 12.1. The van der Waals surface area contributed by atoms with E-state index in [1.54, 1.807) is 0 Å². The minimum atomic E-state index is -0.667. The molecule has 1 fully saturated rings. The summed E-state index contributed by atoms with van der Waals surface area (Å²) in [6, 6.07) is 9.91. The van der Waals surface area contributed by atoms with Crippen molar-refractivity contribution in [2.75, 3.05) is 26.2 Å². The second-order valence-electron chi connectivity index (χ2n) is 6.77. The molecule has 1 aromatic carbocycles. The molecule has 0 spiro atoms. The molecule has 1 aliphatic carbocycles. The molecule has 25 heavy (non-hydrogen) atoms. The van der Waals surface area contributed by atoms with Crippen LogP contribution in [0.1, 0.15) is 32.6 Å². The van der Waals surface area contributed by atoms with Gasteiger partial charge in [0.05, 0.1) is 12.6 Å². The fraction of sp³-hybridized carbons (Fsp3) is 0.579. The van der Waals surface area contributed by atoms with Crippen molar-refractivity contribution < 1.29 is 14.3 Å². The van der Waals surface area contributed by atoms with Crippen LogP contribution in [0.5, 0.6) is 11.5 Å². The number of amides is 1. The number of ether oxygens (including phenoxy) is 2. The fourth-order valence-electron chi connectivity index (χ4n) is 3.50. The van der Waals surface area contributed by atoms with Crippen molar-refractivity contribution in [1.29, 1.82) is 5.26 Å². The van der Waals surface area contributed by atoms with Gasteiger partial charge in [0.25, 0.3) is 0 Å². The third kappa shape index (κ3) is 4.23.